The van der Waals surface area contributed by atoms with Gasteiger partial charge >= 0.3 is 6.01 Å². The van der Waals surface area contributed by atoms with Gasteiger partial charge in [0.25, 0.3) is 0 Å². The van der Waals surface area contributed by atoms with E-state index >= 15 is 4.39 Å². The number of aromatic nitrogens is 3. The molecule has 1 amide bonds. The molecule has 0 saturated carbocycles. The van der Waals surface area contributed by atoms with Crippen LogP contribution in [0.15, 0.2) is 42.6 Å². The van der Waals surface area contributed by atoms with Crippen molar-refractivity contribution in [2.45, 2.75) is 37.3 Å². The number of nitrogens with two attached hydrogens (primary N) is 1. The number of rotatable bonds is 8. The van der Waals surface area contributed by atoms with Crippen LogP contribution in [0.4, 0.5) is 10.2 Å². The van der Waals surface area contributed by atoms with E-state index < -0.39 is 17.8 Å². The second-order valence-electron chi connectivity index (χ2n) is 10.2. The molecule has 4 heterocycles. The van der Waals surface area contributed by atoms with Crippen molar-refractivity contribution in [2.75, 3.05) is 31.6 Å². The number of halogens is 2. The standard InChI is InChI=1S/C28H28ClFN6O3/c29-19-8-2-6-16-5-1-7-17(21(16)19)23-22(30)24-18(13-32-23)26(33-14-20(37)25(31)38)35-27(34-24)39-15-28-9-3-11-36(28)12-4-10-28/h1-2,5-8,13,20,37H,3-4,9-12,14-15H2,(H2,31,38)(H,33,34,35). The highest BCUT2D eigenvalue weighted by molar-refractivity contribution is 6.36. The molecule has 1 atom stereocenters. The highest BCUT2D eigenvalue weighted by Gasteiger charge is 2.45. The van der Waals surface area contributed by atoms with E-state index in [1.165, 1.54) is 6.20 Å². The molecule has 0 aliphatic carbocycles. The molecule has 11 heteroatoms. The second-order valence-corrected chi connectivity index (χ2v) is 10.6. The van der Waals surface area contributed by atoms with E-state index in [1.54, 1.807) is 12.1 Å². The maximum absolute atomic E-state index is 16.2. The summed E-state index contributed by atoms with van der Waals surface area (Å²) >= 11 is 6.51. The third-order valence-corrected chi connectivity index (χ3v) is 8.16. The topological polar surface area (TPSA) is 126 Å². The lowest BCUT2D eigenvalue weighted by molar-refractivity contribution is -0.125. The second kappa shape index (κ2) is 10.2. The van der Waals surface area contributed by atoms with Gasteiger partial charge in [0.15, 0.2) is 5.82 Å². The number of carbonyl (C=O) groups is 1. The van der Waals surface area contributed by atoms with E-state index in [-0.39, 0.29) is 40.5 Å². The van der Waals surface area contributed by atoms with Crippen molar-refractivity contribution in [3.8, 4) is 17.3 Å². The average molecular weight is 551 g/mol. The molecule has 2 aromatic carbocycles. The first-order valence-corrected chi connectivity index (χ1v) is 13.4. The normalized spacial score (nSPS) is 17.4. The highest BCUT2D eigenvalue weighted by atomic mass is 35.5. The summed E-state index contributed by atoms with van der Waals surface area (Å²) in [6, 6.07) is 11.0. The van der Waals surface area contributed by atoms with Gasteiger partial charge in [0, 0.05) is 22.2 Å². The minimum absolute atomic E-state index is 0.00121. The van der Waals surface area contributed by atoms with Crippen LogP contribution in [0.25, 0.3) is 32.9 Å². The zero-order valence-corrected chi connectivity index (χ0v) is 21.9. The number of hydrogen-bond acceptors (Lipinski definition) is 8. The molecule has 0 radical (unpaired) electrons. The van der Waals surface area contributed by atoms with Crippen molar-refractivity contribution in [3.05, 3.63) is 53.4 Å². The fourth-order valence-electron chi connectivity index (χ4n) is 5.87. The third-order valence-electron chi connectivity index (χ3n) is 7.85. The van der Waals surface area contributed by atoms with E-state index in [4.69, 9.17) is 22.1 Å². The molecule has 2 aliphatic rings. The molecule has 2 saturated heterocycles. The average Bonchev–Trinajstić information content (AvgIpc) is 3.51. The van der Waals surface area contributed by atoms with Gasteiger partial charge in [-0.3, -0.25) is 14.7 Å². The number of benzene rings is 2. The third kappa shape index (κ3) is 4.62. The van der Waals surface area contributed by atoms with E-state index in [0.717, 1.165) is 44.2 Å². The Labute approximate surface area is 229 Å². The van der Waals surface area contributed by atoms with Crippen LogP contribution in [0.1, 0.15) is 25.7 Å². The number of amides is 1. The van der Waals surface area contributed by atoms with Crippen LogP contribution < -0.4 is 15.8 Å². The van der Waals surface area contributed by atoms with Gasteiger partial charge in [-0.1, -0.05) is 41.9 Å². The molecule has 2 aliphatic heterocycles. The minimum atomic E-state index is -1.46. The summed E-state index contributed by atoms with van der Waals surface area (Å²) in [5.74, 6) is -1.37. The number of hydrogen-bond donors (Lipinski definition) is 3. The Hall–Kier alpha value is -3.60. The Morgan fingerprint density at radius 1 is 1.21 bits per heavy atom. The van der Waals surface area contributed by atoms with Crippen molar-refractivity contribution in [2.24, 2.45) is 5.73 Å². The molecule has 0 bridgehead atoms. The summed E-state index contributed by atoms with van der Waals surface area (Å²) < 4.78 is 22.4. The number of pyridine rings is 1. The van der Waals surface area contributed by atoms with Crippen molar-refractivity contribution < 1.29 is 19.0 Å². The summed E-state index contributed by atoms with van der Waals surface area (Å²) in [5.41, 5.74) is 5.76. The van der Waals surface area contributed by atoms with Crippen LogP contribution in [0.3, 0.4) is 0 Å². The van der Waals surface area contributed by atoms with Crippen molar-refractivity contribution in [3.63, 3.8) is 0 Å². The van der Waals surface area contributed by atoms with Gasteiger partial charge < -0.3 is 20.9 Å². The quantitative estimate of drug-likeness (QED) is 0.301. The molecule has 9 nitrogen and oxygen atoms in total. The molecule has 4 aromatic rings. The van der Waals surface area contributed by atoms with Crippen LogP contribution in [0.2, 0.25) is 5.02 Å². The SMILES string of the molecule is NC(=O)C(O)CNc1nc(OCC23CCCN2CCC3)nc2c(F)c(-c3cccc4cccc(Cl)c34)ncc12. The van der Waals surface area contributed by atoms with Crippen LogP contribution in [0, 0.1) is 5.82 Å². The van der Waals surface area contributed by atoms with Crippen molar-refractivity contribution in [1.82, 2.24) is 19.9 Å². The Kier molecular flexibility index (Phi) is 6.70. The summed E-state index contributed by atoms with van der Waals surface area (Å²) in [6.45, 7) is 2.25. The molecule has 6 rings (SSSR count). The monoisotopic (exact) mass is 550 g/mol. The lowest BCUT2D eigenvalue weighted by Gasteiger charge is -2.31. The van der Waals surface area contributed by atoms with Crippen LogP contribution in [-0.4, -0.2) is 68.7 Å². The zero-order chi connectivity index (χ0) is 27.1. The number of ether oxygens (including phenoxy) is 1. The number of nitrogens with zero attached hydrogens (tertiary/aromatic N) is 4. The molecule has 202 valence electrons. The molecule has 2 aromatic heterocycles. The van der Waals surface area contributed by atoms with Crippen LogP contribution in [0.5, 0.6) is 6.01 Å². The number of carbonyl (C=O) groups excluding carboxylic acids is 1. The van der Waals surface area contributed by atoms with Gasteiger partial charge in [0.05, 0.1) is 17.5 Å². The smallest absolute Gasteiger partial charge is 0.319 e. The molecular formula is C28H28ClFN6O3. The Morgan fingerprint density at radius 2 is 1.95 bits per heavy atom. The Balaban J connectivity index is 1.44. The maximum Gasteiger partial charge on any atom is 0.319 e. The van der Waals surface area contributed by atoms with Crippen LogP contribution in [-0.2, 0) is 4.79 Å². The number of aliphatic hydroxyl groups is 1. The predicted molar refractivity (Wildman–Crippen MR) is 147 cm³/mol. The van der Waals surface area contributed by atoms with Gasteiger partial charge in [-0.2, -0.15) is 9.97 Å². The zero-order valence-electron chi connectivity index (χ0n) is 21.2. The fraction of sp³-hybridized carbons (Fsp3) is 0.357. The highest BCUT2D eigenvalue weighted by Crippen LogP contribution is 2.40. The van der Waals surface area contributed by atoms with Crippen molar-refractivity contribution in [1.29, 1.82) is 0 Å². The van der Waals surface area contributed by atoms with Gasteiger partial charge in [0.2, 0.25) is 5.91 Å². The maximum atomic E-state index is 16.2. The van der Waals surface area contributed by atoms with E-state index in [2.05, 4.69) is 25.2 Å². The summed E-state index contributed by atoms with van der Waals surface area (Å²) in [5, 5.41) is 15.1. The molecule has 1 unspecified atom stereocenters. The van der Waals surface area contributed by atoms with E-state index in [9.17, 15) is 9.90 Å². The molecule has 39 heavy (non-hydrogen) atoms. The number of nitrogens with one attached hydrogen (secondary N) is 1. The number of aliphatic hydroxyl groups excluding tert-OH is 1. The first-order chi connectivity index (χ1) is 18.9. The van der Waals surface area contributed by atoms with Gasteiger partial charge in [-0.25, -0.2) is 4.39 Å². The predicted octanol–water partition coefficient (Wildman–Crippen LogP) is 3.90. The van der Waals surface area contributed by atoms with Gasteiger partial charge in [0.1, 0.15) is 29.7 Å². The largest absolute Gasteiger partial charge is 0.461 e. The summed E-state index contributed by atoms with van der Waals surface area (Å²) in [6.07, 6.45) is 4.27. The van der Waals surface area contributed by atoms with Crippen LogP contribution >= 0.6 is 11.6 Å². The first kappa shape index (κ1) is 25.7. The Morgan fingerprint density at radius 3 is 2.69 bits per heavy atom. The summed E-state index contributed by atoms with van der Waals surface area (Å²) in [7, 11) is 0. The van der Waals surface area contributed by atoms with Gasteiger partial charge in [-0.05, 0) is 50.2 Å². The first-order valence-electron chi connectivity index (χ1n) is 13.0. The molecule has 0 spiro atoms. The fourth-order valence-corrected chi connectivity index (χ4v) is 6.15. The lowest BCUT2D eigenvalue weighted by Crippen LogP contribution is -2.43. The summed E-state index contributed by atoms with van der Waals surface area (Å²) in [4.78, 5) is 27.2. The number of primary amides is 1. The molecule has 2 fully saturated rings. The number of anilines is 1. The van der Waals surface area contributed by atoms with Gasteiger partial charge in [-0.15, -0.1) is 0 Å². The molecule has 4 N–H and O–H groups in total. The van der Waals surface area contributed by atoms with Crippen molar-refractivity contribution >= 4 is 45.0 Å². The lowest BCUT2D eigenvalue weighted by atomic mass is 9.95. The molecular weight excluding hydrogens is 523 g/mol. The van der Waals surface area contributed by atoms with E-state index in [1.807, 2.05) is 24.3 Å². The number of fused-ring (bicyclic) bond motifs is 3. The van der Waals surface area contributed by atoms with E-state index in [0.29, 0.717) is 22.6 Å². The Bertz CT molecular complexity index is 1570. The minimum Gasteiger partial charge on any atom is -0.461 e.